The van der Waals surface area contributed by atoms with Crippen molar-refractivity contribution in [2.45, 2.75) is 50.1 Å². The molecule has 2 aromatic rings. The highest BCUT2D eigenvalue weighted by Crippen LogP contribution is 2.45. The molecule has 126 valence electrons. The lowest BCUT2D eigenvalue weighted by Gasteiger charge is -2.37. The first-order chi connectivity index (χ1) is 11.6. The summed E-state index contributed by atoms with van der Waals surface area (Å²) in [6.45, 7) is 0. The zero-order valence-electron chi connectivity index (χ0n) is 13.4. The first-order valence-corrected chi connectivity index (χ1v) is 8.50. The van der Waals surface area contributed by atoms with E-state index in [2.05, 4.69) is 0 Å². The van der Waals surface area contributed by atoms with Crippen molar-refractivity contribution >= 4 is 0 Å². The lowest BCUT2D eigenvalue weighted by atomic mass is 9.99. The number of ether oxygens (including phenoxy) is 2. The minimum atomic E-state index is -0.573. The highest BCUT2D eigenvalue weighted by atomic mass is 19.1. The van der Waals surface area contributed by atoms with E-state index in [1.165, 1.54) is 24.3 Å². The van der Waals surface area contributed by atoms with E-state index in [9.17, 15) is 8.78 Å². The van der Waals surface area contributed by atoms with Gasteiger partial charge in [0.25, 0.3) is 0 Å². The Balaban J connectivity index is 1.67. The van der Waals surface area contributed by atoms with Crippen molar-refractivity contribution in [3.05, 3.63) is 71.3 Å². The Morgan fingerprint density at radius 1 is 0.875 bits per heavy atom. The zero-order valence-corrected chi connectivity index (χ0v) is 13.4. The molecule has 2 fully saturated rings. The Bertz CT molecular complexity index is 649. The van der Waals surface area contributed by atoms with Crippen LogP contribution in [0.5, 0.6) is 0 Å². The average Bonchev–Trinajstić information content (AvgIpc) is 2.89. The van der Waals surface area contributed by atoms with Crippen molar-refractivity contribution in [2.75, 3.05) is 0 Å². The largest absolute Gasteiger partial charge is 0.347 e. The Kier molecular flexibility index (Phi) is 4.10. The first kappa shape index (κ1) is 15.7. The van der Waals surface area contributed by atoms with Gasteiger partial charge in [-0.25, -0.2) is 8.78 Å². The number of hydrogen-bond acceptors (Lipinski definition) is 2. The Morgan fingerprint density at radius 3 is 2.04 bits per heavy atom. The molecule has 2 aliphatic heterocycles. The summed E-state index contributed by atoms with van der Waals surface area (Å²) in [5.41, 5.74) is 1.69. The molecule has 0 aliphatic carbocycles. The minimum Gasteiger partial charge on any atom is -0.347 e. The summed E-state index contributed by atoms with van der Waals surface area (Å²) in [4.78, 5) is 0. The second-order valence-corrected chi connectivity index (χ2v) is 6.68. The lowest BCUT2D eigenvalue weighted by molar-refractivity contribution is -0.262. The normalized spacial score (nSPS) is 26.0. The van der Waals surface area contributed by atoms with Crippen LogP contribution in [0.3, 0.4) is 0 Å². The fourth-order valence-corrected chi connectivity index (χ4v) is 3.75. The third-order valence-electron chi connectivity index (χ3n) is 4.99. The molecule has 0 aromatic heterocycles. The molecule has 4 rings (SSSR count). The lowest BCUT2D eigenvalue weighted by Crippen LogP contribution is -2.37. The molecule has 4 heteroatoms. The smallest absolute Gasteiger partial charge is 0.170 e. The molecule has 2 bridgehead atoms. The molecule has 2 nitrogen and oxygen atoms in total. The molecule has 2 saturated heterocycles. The van der Waals surface area contributed by atoms with Gasteiger partial charge in [-0.1, -0.05) is 24.3 Å². The molecule has 0 saturated carbocycles. The van der Waals surface area contributed by atoms with E-state index in [1.807, 2.05) is 0 Å². The molecule has 0 spiro atoms. The Morgan fingerprint density at radius 2 is 1.46 bits per heavy atom. The number of halogens is 2. The fourth-order valence-electron chi connectivity index (χ4n) is 3.75. The van der Waals surface area contributed by atoms with Crippen LogP contribution >= 0.6 is 0 Å². The third-order valence-corrected chi connectivity index (χ3v) is 4.99. The second-order valence-electron chi connectivity index (χ2n) is 6.68. The van der Waals surface area contributed by atoms with Crippen LogP contribution in [-0.4, -0.2) is 11.9 Å². The van der Waals surface area contributed by atoms with E-state index in [4.69, 9.17) is 9.47 Å². The highest BCUT2D eigenvalue weighted by molar-refractivity contribution is 5.30. The predicted octanol–water partition coefficient (Wildman–Crippen LogP) is 5.13. The van der Waals surface area contributed by atoms with Crippen LogP contribution in [0.1, 0.15) is 49.3 Å². The van der Waals surface area contributed by atoms with Crippen LogP contribution in [0.2, 0.25) is 0 Å². The van der Waals surface area contributed by atoms with E-state index in [0.717, 1.165) is 43.2 Å². The van der Waals surface area contributed by atoms with Crippen LogP contribution < -0.4 is 0 Å². The molecule has 0 N–H and O–H groups in total. The molecule has 2 aliphatic rings. The van der Waals surface area contributed by atoms with Crippen LogP contribution in [0.4, 0.5) is 8.78 Å². The average molecular weight is 330 g/mol. The maximum atomic E-state index is 13.3. The van der Waals surface area contributed by atoms with Crippen molar-refractivity contribution in [1.82, 2.24) is 0 Å². The maximum Gasteiger partial charge on any atom is 0.170 e. The number of rotatable bonds is 4. The van der Waals surface area contributed by atoms with Gasteiger partial charge in [0.15, 0.2) is 5.79 Å². The molecule has 2 heterocycles. The Labute approximate surface area is 140 Å². The highest BCUT2D eigenvalue weighted by Gasteiger charge is 2.46. The van der Waals surface area contributed by atoms with Gasteiger partial charge in [-0.05, 0) is 54.7 Å². The second kappa shape index (κ2) is 6.26. The monoisotopic (exact) mass is 330 g/mol. The number of fused-ring (bicyclic) bond motifs is 2. The first-order valence-electron chi connectivity index (χ1n) is 8.50. The number of benzene rings is 2. The Hall–Kier alpha value is -1.78. The standard InChI is InChI=1S/C20H20F2O2/c21-16-7-3-14(4-8-16)19(15-5-9-17(22)10-6-15)24-20-12-1-2-18(23-20)11-13-20/h3-10,18-19H,1-2,11-13H2. The van der Waals surface area contributed by atoms with E-state index in [-0.39, 0.29) is 17.7 Å². The van der Waals surface area contributed by atoms with E-state index < -0.39 is 11.9 Å². The predicted molar refractivity (Wildman–Crippen MR) is 86.4 cm³/mol. The summed E-state index contributed by atoms with van der Waals surface area (Å²) in [6.07, 6.45) is 4.80. The molecule has 0 amide bonds. The zero-order chi connectivity index (χ0) is 16.6. The van der Waals surface area contributed by atoms with Gasteiger partial charge in [-0.2, -0.15) is 0 Å². The molecule has 0 radical (unpaired) electrons. The van der Waals surface area contributed by atoms with Crippen molar-refractivity contribution in [3.63, 3.8) is 0 Å². The van der Waals surface area contributed by atoms with Crippen LogP contribution in [0, 0.1) is 11.6 Å². The minimum absolute atomic E-state index is 0.279. The van der Waals surface area contributed by atoms with Crippen LogP contribution in [0.25, 0.3) is 0 Å². The van der Waals surface area contributed by atoms with Crippen molar-refractivity contribution < 1.29 is 18.3 Å². The topological polar surface area (TPSA) is 18.5 Å². The summed E-state index contributed by atoms with van der Waals surface area (Å²) in [5, 5.41) is 0. The summed E-state index contributed by atoms with van der Waals surface area (Å²) in [6, 6.07) is 12.6. The van der Waals surface area contributed by atoms with Gasteiger partial charge in [0.2, 0.25) is 0 Å². The van der Waals surface area contributed by atoms with Gasteiger partial charge in [-0.15, -0.1) is 0 Å². The molecule has 2 aromatic carbocycles. The molecular weight excluding hydrogens is 310 g/mol. The van der Waals surface area contributed by atoms with Gasteiger partial charge in [-0.3, -0.25) is 0 Å². The molecule has 2 unspecified atom stereocenters. The van der Waals surface area contributed by atoms with E-state index in [1.54, 1.807) is 24.3 Å². The summed E-state index contributed by atoms with van der Waals surface area (Å²) in [5.74, 6) is -1.15. The molecule has 2 atom stereocenters. The van der Waals surface area contributed by atoms with Gasteiger partial charge in [0.1, 0.15) is 17.7 Å². The maximum absolute atomic E-state index is 13.3. The SMILES string of the molecule is Fc1ccc(C(OC23CCCC(CC2)O3)c2ccc(F)cc2)cc1. The fraction of sp³-hybridized carbons (Fsp3) is 0.400. The van der Waals surface area contributed by atoms with Gasteiger partial charge in [0.05, 0.1) is 6.10 Å². The van der Waals surface area contributed by atoms with Crippen LogP contribution in [0.15, 0.2) is 48.5 Å². The third kappa shape index (κ3) is 3.08. The molecule has 24 heavy (non-hydrogen) atoms. The van der Waals surface area contributed by atoms with E-state index >= 15 is 0 Å². The number of hydrogen-bond donors (Lipinski definition) is 0. The quantitative estimate of drug-likeness (QED) is 0.774. The van der Waals surface area contributed by atoms with Gasteiger partial charge < -0.3 is 9.47 Å². The van der Waals surface area contributed by atoms with Gasteiger partial charge >= 0.3 is 0 Å². The van der Waals surface area contributed by atoms with Gasteiger partial charge in [0, 0.05) is 12.8 Å². The molecular formula is C20H20F2O2. The summed E-state index contributed by atoms with van der Waals surface area (Å²) in [7, 11) is 0. The summed E-state index contributed by atoms with van der Waals surface area (Å²) >= 11 is 0. The van der Waals surface area contributed by atoms with Crippen molar-refractivity contribution in [1.29, 1.82) is 0 Å². The van der Waals surface area contributed by atoms with E-state index in [0.29, 0.717) is 0 Å². The van der Waals surface area contributed by atoms with Crippen molar-refractivity contribution in [2.24, 2.45) is 0 Å². The van der Waals surface area contributed by atoms with Crippen LogP contribution in [-0.2, 0) is 9.47 Å². The van der Waals surface area contributed by atoms with Crippen molar-refractivity contribution in [3.8, 4) is 0 Å². The summed E-state index contributed by atoms with van der Waals surface area (Å²) < 4.78 is 39.2.